The third-order valence-corrected chi connectivity index (χ3v) is 8.06. The second-order valence-electron chi connectivity index (χ2n) is 11.1. The first kappa shape index (κ1) is 31.2. The monoisotopic (exact) mass is 602 g/mol. The summed E-state index contributed by atoms with van der Waals surface area (Å²) in [6, 6.07) is 0. The first-order chi connectivity index (χ1) is 19.0. The molecule has 228 valence electrons. The maximum absolute atomic E-state index is 12.9. The molecule has 1 amide bonds. The first-order valence-corrected chi connectivity index (χ1v) is 14.4. The van der Waals surface area contributed by atoms with Crippen molar-refractivity contribution in [1.82, 2.24) is 24.8 Å². The summed E-state index contributed by atoms with van der Waals surface area (Å²) in [5.74, 6) is -1.14. The second kappa shape index (κ2) is 11.5. The average Bonchev–Trinajstić information content (AvgIpc) is 3.37. The van der Waals surface area contributed by atoms with Gasteiger partial charge in [-0.25, -0.2) is 4.98 Å². The van der Waals surface area contributed by atoms with Gasteiger partial charge < -0.3 is 36.5 Å². The lowest BCUT2D eigenvalue weighted by Gasteiger charge is -2.36. The number of fused-ring (bicyclic) bond motifs is 1. The summed E-state index contributed by atoms with van der Waals surface area (Å²) >= 11 is 0. The molecule has 4 rings (SSSR count). The zero-order chi connectivity index (χ0) is 30.3. The smallest absolute Gasteiger partial charge is 0.463 e. The van der Waals surface area contributed by atoms with Crippen molar-refractivity contribution >= 4 is 43.0 Å². The minimum Gasteiger partial charge on any atom is -0.463 e. The minimum absolute atomic E-state index is 0.00262. The van der Waals surface area contributed by atoms with Gasteiger partial charge in [0.2, 0.25) is 5.95 Å². The van der Waals surface area contributed by atoms with Crippen LogP contribution in [0.25, 0.3) is 11.2 Å². The Morgan fingerprint density at radius 3 is 2.68 bits per heavy atom. The molecule has 2 aromatic heterocycles. The van der Waals surface area contributed by atoms with Crippen molar-refractivity contribution in [2.75, 3.05) is 31.2 Å². The van der Waals surface area contributed by atoms with E-state index in [9.17, 15) is 24.7 Å². The predicted octanol–water partition coefficient (Wildman–Crippen LogP) is -0.414. The van der Waals surface area contributed by atoms with Crippen LogP contribution in [0.2, 0.25) is 0 Å². The molecule has 18 heteroatoms. The molecule has 2 aliphatic heterocycles. The van der Waals surface area contributed by atoms with Gasteiger partial charge in [-0.2, -0.15) is 23.9 Å². The third-order valence-electron chi connectivity index (χ3n) is 6.66. The number of hydrogen-bond donors (Lipinski definition) is 6. The zero-order valence-corrected chi connectivity index (χ0v) is 24.3. The van der Waals surface area contributed by atoms with E-state index in [2.05, 4.69) is 20.3 Å². The average molecular weight is 603 g/mol. The van der Waals surface area contributed by atoms with E-state index < -0.39 is 62.2 Å². The Hall–Kier alpha value is -2.76. The quantitative estimate of drug-likeness (QED) is 0.158. The van der Waals surface area contributed by atoms with E-state index in [-0.39, 0.29) is 48.6 Å². The van der Waals surface area contributed by atoms with E-state index in [1.165, 1.54) is 17.8 Å². The lowest BCUT2D eigenvalue weighted by atomic mass is 9.87. The summed E-state index contributed by atoms with van der Waals surface area (Å²) in [7, 11) is -4.07. The first-order valence-electron chi connectivity index (χ1n) is 12.9. The number of hydrogen-bond acceptors (Lipinski definition) is 15. The Balaban J connectivity index is 1.41. The molecular weight excluding hydrogens is 565 g/mol. The highest BCUT2D eigenvalue weighted by molar-refractivity contribution is 7.55. The van der Waals surface area contributed by atoms with Crippen LogP contribution in [-0.4, -0.2) is 96.3 Å². The zero-order valence-electron chi connectivity index (χ0n) is 23.4. The van der Waals surface area contributed by atoms with E-state index in [1.54, 1.807) is 27.7 Å². The van der Waals surface area contributed by atoms with Crippen LogP contribution in [0.1, 0.15) is 47.3 Å². The molecule has 8 N–H and O–H groups in total. The SMILES string of the molecule is CC(C)OC(=O)CCNC(=O)[C@@H]1O[P+](O)(OC[C@H]2O[C@@H](n3cnc4c(N)nc(N)nc43)[C@](C)(O)[C@@H]2O)OCC1(C)C. The number of carbonyl (C=O) groups is 2. The number of esters is 1. The number of nitrogens with two attached hydrogens (primary N) is 2. The largest absolute Gasteiger partial charge is 0.573 e. The number of nitrogens with zero attached hydrogens (tertiary/aromatic N) is 4. The van der Waals surface area contributed by atoms with Crippen LogP contribution in [0.4, 0.5) is 11.8 Å². The Kier molecular flexibility index (Phi) is 8.74. The fraction of sp³-hybridized carbons (Fsp3) is 0.696. The van der Waals surface area contributed by atoms with Gasteiger partial charge in [-0.3, -0.25) is 14.2 Å². The van der Waals surface area contributed by atoms with Crippen LogP contribution in [0.5, 0.6) is 0 Å². The van der Waals surface area contributed by atoms with Crippen molar-refractivity contribution in [2.45, 2.75) is 77.3 Å². The van der Waals surface area contributed by atoms with Crippen LogP contribution >= 0.6 is 8.17 Å². The molecule has 0 saturated carbocycles. The molecule has 2 aromatic rings. The highest BCUT2D eigenvalue weighted by Crippen LogP contribution is 2.64. The van der Waals surface area contributed by atoms with Crippen molar-refractivity contribution in [2.24, 2.45) is 5.41 Å². The minimum atomic E-state index is -4.07. The molecule has 1 unspecified atom stereocenters. The molecule has 0 aliphatic carbocycles. The van der Waals surface area contributed by atoms with Crippen LogP contribution < -0.4 is 16.8 Å². The summed E-state index contributed by atoms with van der Waals surface area (Å²) in [5, 5.41) is 24.6. The number of imidazole rings is 1. The Morgan fingerprint density at radius 2 is 2.00 bits per heavy atom. The molecule has 0 spiro atoms. The summed E-state index contributed by atoms with van der Waals surface area (Å²) in [6.45, 7) is 7.63. The van der Waals surface area contributed by atoms with Crippen molar-refractivity contribution in [1.29, 1.82) is 0 Å². The van der Waals surface area contributed by atoms with Crippen LogP contribution in [0.15, 0.2) is 6.33 Å². The van der Waals surface area contributed by atoms with Gasteiger partial charge in [-0.05, 0) is 20.8 Å². The number of amides is 1. The van der Waals surface area contributed by atoms with Gasteiger partial charge in [-0.1, -0.05) is 13.8 Å². The molecule has 17 nitrogen and oxygen atoms in total. The van der Waals surface area contributed by atoms with Crippen molar-refractivity contribution in [3.8, 4) is 0 Å². The summed E-state index contributed by atoms with van der Waals surface area (Å²) in [5.41, 5.74) is 9.25. The topological polar surface area (TPSA) is 249 Å². The number of nitrogen functional groups attached to an aromatic ring is 2. The van der Waals surface area contributed by atoms with Crippen molar-refractivity contribution in [3.63, 3.8) is 0 Å². The van der Waals surface area contributed by atoms with Gasteiger partial charge in [0.05, 0.1) is 18.9 Å². The highest BCUT2D eigenvalue weighted by Gasteiger charge is 2.61. The summed E-state index contributed by atoms with van der Waals surface area (Å²) in [6.07, 6.45) is -4.07. The maximum Gasteiger partial charge on any atom is 0.573 e. The van der Waals surface area contributed by atoms with Crippen molar-refractivity contribution < 1.29 is 47.7 Å². The number of carbonyl (C=O) groups excluding carboxylic acids is 2. The molecule has 0 aromatic carbocycles. The molecule has 41 heavy (non-hydrogen) atoms. The number of nitrogens with one attached hydrogen (secondary N) is 1. The molecule has 0 bridgehead atoms. The number of aliphatic hydroxyl groups excluding tert-OH is 1. The standard InChI is InChI=1S/C23H36N7O10P/c1-11(2)38-13(31)6-7-26-19(33)16-22(3,4)9-37-41(35,40-16)36-8-12-15(32)23(5,34)20(39-12)30-10-27-14-17(24)28-21(25)29-18(14)30/h10-12,15-16,20,32,34-35H,6-9H2,1-5H3,(H4-,24,25,26,28,29,33)/p+1/t12-,15-,16+,20-,23-,41?/m1/s1. The fourth-order valence-electron chi connectivity index (χ4n) is 4.48. The third kappa shape index (κ3) is 6.52. The second-order valence-corrected chi connectivity index (χ2v) is 12.7. The number of ether oxygens (including phenoxy) is 2. The lowest BCUT2D eigenvalue weighted by Crippen LogP contribution is -2.51. The number of aromatic nitrogens is 4. The van der Waals surface area contributed by atoms with E-state index in [0.29, 0.717) is 0 Å². The van der Waals surface area contributed by atoms with E-state index in [0.717, 1.165) is 0 Å². The van der Waals surface area contributed by atoms with Gasteiger partial charge in [0.15, 0.2) is 23.8 Å². The van der Waals surface area contributed by atoms with E-state index >= 15 is 0 Å². The molecule has 2 saturated heterocycles. The van der Waals surface area contributed by atoms with Crippen molar-refractivity contribution in [3.05, 3.63) is 6.33 Å². The van der Waals surface area contributed by atoms with Crippen LogP contribution in [0, 0.1) is 5.41 Å². The molecular formula is C23H37N7O10P+. The van der Waals surface area contributed by atoms with Gasteiger partial charge in [0, 0.05) is 12.0 Å². The molecule has 4 heterocycles. The Bertz CT molecular complexity index is 1290. The number of anilines is 2. The van der Waals surface area contributed by atoms with Gasteiger partial charge in [0.25, 0.3) is 5.91 Å². The Labute approximate surface area is 236 Å². The van der Waals surface area contributed by atoms with Gasteiger partial charge in [0.1, 0.15) is 36.5 Å². The molecule has 2 aliphatic rings. The number of aliphatic hydroxyl groups is 2. The predicted molar refractivity (Wildman–Crippen MR) is 143 cm³/mol. The molecule has 2 fully saturated rings. The summed E-state index contributed by atoms with van der Waals surface area (Å²) < 4.78 is 29.0. The van der Waals surface area contributed by atoms with Gasteiger partial charge >= 0.3 is 14.1 Å². The maximum atomic E-state index is 12.9. The van der Waals surface area contributed by atoms with Gasteiger partial charge in [-0.15, -0.1) is 4.52 Å². The fourth-order valence-corrected chi connectivity index (χ4v) is 6.15. The summed E-state index contributed by atoms with van der Waals surface area (Å²) in [4.78, 5) is 47.8. The highest BCUT2D eigenvalue weighted by atomic mass is 31.2. The van der Waals surface area contributed by atoms with E-state index in [1.807, 2.05) is 0 Å². The normalized spacial score (nSPS) is 31.4. The molecule has 0 radical (unpaired) electrons. The van der Waals surface area contributed by atoms with Crippen LogP contribution in [0.3, 0.4) is 0 Å². The Morgan fingerprint density at radius 1 is 1.29 bits per heavy atom. The van der Waals surface area contributed by atoms with Crippen LogP contribution in [-0.2, 0) is 32.6 Å². The number of rotatable bonds is 9. The van der Waals surface area contributed by atoms with E-state index in [4.69, 9.17) is 34.5 Å². The molecule has 6 atom stereocenters. The lowest BCUT2D eigenvalue weighted by molar-refractivity contribution is -0.148.